The van der Waals surface area contributed by atoms with E-state index in [1.165, 1.54) is 10.3 Å². The maximum absolute atomic E-state index is 12.8. The Kier molecular flexibility index (Phi) is 5.27. The van der Waals surface area contributed by atoms with E-state index in [4.69, 9.17) is 0 Å². The van der Waals surface area contributed by atoms with Gasteiger partial charge in [0.2, 0.25) is 0 Å². The number of H-pyrrole nitrogens is 1. The first kappa shape index (κ1) is 19.7. The molecule has 30 heavy (non-hydrogen) atoms. The molecule has 1 atom stereocenters. The average Bonchev–Trinajstić information content (AvgIpc) is 3.28. The molecule has 3 aromatic heterocycles. The highest BCUT2D eigenvalue weighted by Crippen LogP contribution is 2.22. The quantitative estimate of drug-likeness (QED) is 0.519. The predicted octanol–water partition coefficient (Wildman–Crippen LogP) is 3.02. The Labute approximate surface area is 174 Å². The number of hydrogen-bond acceptors (Lipinski definition) is 3. The zero-order valence-electron chi connectivity index (χ0n) is 17.3. The second-order valence-electron chi connectivity index (χ2n) is 7.69. The van der Waals surface area contributed by atoms with E-state index in [-0.39, 0.29) is 17.6 Å². The summed E-state index contributed by atoms with van der Waals surface area (Å²) >= 11 is 0. The van der Waals surface area contributed by atoms with Gasteiger partial charge in [-0.05, 0) is 55.7 Å². The minimum atomic E-state index is -0.202. The number of aromatic nitrogens is 4. The van der Waals surface area contributed by atoms with Gasteiger partial charge in [-0.3, -0.25) is 14.3 Å². The van der Waals surface area contributed by atoms with Crippen LogP contribution in [0.4, 0.5) is 0 Å². The zero-order chi connectivity index (χ0) is 21.3. The number of hydrogen-bond donors (Lipinski definition) is 2. The summed E-state index contributed by atoms with van der Waals surface area (Å²) in [6, 6.07) is 13.5. The molecule has 0 saturated carbocycles. The number of nitrogens with one attached hydrogen (secondary N) is 2. The first-order valence-electron chi connectivity index (χ1n) is 9.98. The van der Waals surface area contributed by atoms with Crippen LogP contribution in [-0.2, 0) is 20.5 Å². The van der Waals surface area contributed by atoms with Crippen LogP contribution >= 0.6 is 0 Å². The van der Waals surface area contributed by atoms with Gasteiger partial charge in [-0.1, -0.05) is 12.1 Å². The lowest BCUT2D eigenvalue weighted by Crippen LogP contribution is -2.33. The number of carbonyl (C=O) groups is 1. The fraction of sp³-hybridized carbons (Fsp3) is 0.261. The molecular weight excluding hydrogens is 378 g/mol. The van der Waals surface area contributed by atoms with Crippen molar-refractivity contribution in [3.63, 3.8) is 0 Å². The molecule has 0 aliphatic rings. The smallest absolute Gasteiger partial charge is 0.327 e. The number of aryl methyl sites for hydroxylation is 3. The molecule has 7 heteroatoms. The first-order chi connectivity index (χ1) is 14.4. The number of benzene rings is 1. The van der Waals surface area contributed by atoms with Gasteiger partial charge in [0, 0.05) is 49.4 Å². The summed E-state index contributed by atoms with van der Waals surface area (Å²) in [6.45, 7) is 2.02. The Bertz CT molecular complexity index is 1260. The fourth-order valence-corrected chi connectivity index (χ4v) is 3.60. The van der Waals surface area contributed by atoms with Crippen LogP contribution < -0.4 is 11.0 Å². The number of amides is 1. The summed E-state index contributed by atoms with van der Waals surface area (Å²) in [5.74, 6) is -0.0979. The van der Waals surface area contributed by atoms with Crippen LogP contribution in [0.25, 0.3) is 22.3 Å². The molecule has 154 valence electrons. The highest BCUT2D eigenvalue weighted by molar-refractivity contribution is 5.95. The van der Waals surface area contributed by atoms with E-state index in [9.17, 15) is 9.59 Å². The lowest BCUT2D eigenvalue weighted by atomic mass is 10.0. The van der Waals surface area contributed by atoms with Gasteiger partial charge in [0.15, 0.2) is 5.65 Å². The molecule has 0 aliphatic carbocycles. The highest BCUT2D eigenvalue weighted by Gasteiger charge is 2.13. The van der Waals surface area contributed by atoms with Crippen molar-refractivity contribution < 1.29 is 4.79 Å². The van der Waals surface area contributed by atoms with Crippen molar-refractivity contribution in [2.24, 2.45) is 14.1 Å². The van der Waals surface area contributed by atoms with Crippen LogP contribution in [0.3, 0.4) is 0 Å². The normalized spacial score (nSPS) is 12.2. The van der Waals surface area contributed by atoms with E-state index in [1.807, 2.05) is 50.5 Å². The second kappa shape index (κ2) is 8.02. The molecule has 0 radical (unpaired) electrons. The van der Waals surface area contributed by atoms with Gasteiger partial charge < -0.3 is 9.88 Å². The van der Waals surface area contributed by atoms with Crippen LogP contribution in [-0.4, -0.2) is 31.1 Å². The molecule has 7 nitrogen and oxygen atoms in total. The molecule has 0 spiro atoms. The molecule has 1 amide bonds. The Hall–Kier alpha value is -3.61. The Morgan fingerprint density at radius 3 is 2.77 bits per heavy atom. The third-order valence-corrected chi connectivity index (χ3v) is 5.48. The summed E-state index contributed by atoms with van der Waals surface area (Å²) in [7, 11) is 3.73. The van der Waals surface area contributed by atoms with Crippen molar-refractivity contribution in [3.05, 3.63) is 76.6 Å². The van der Waals surface area contributed by atoms with Crippen LogP contribution in [0.5, 0.6) is 0 Å². The lowest BCUT2D eigenvalue weighted by Gasteiger charge is -2.15. The molecule has 0 saturated heterocycles. The third kappa shape index (κ3) is 3.91. The standard InChI is InChI=1S/C23H25N5O2/c1-15(9-10-19-8-5-11-27(19)2)25-22(29)17-7-4-6-16(12-17)18-13-20-21(24-14-18)26-23(30)28(20)3/h4-8,11-15H,9-10H2,1-3H3,(H,25,29)(H,24,26,30)/t15-/m1/s1. The topological polar surface area (TPSA) is 84.7 Å². The number of aromatic amines is 1. The SMILES string of the molecule is C[C@H](CCc1cccn1C)NC(=O)c1cccc(-c2cnc3[nH]c(=O)n(C)c3c2)c1. The summed E-state index contributed by atoms with van der Waals surface area (Å²) in [5.41, 5.74) is 4.65. The summed E-state index contributed by atoms with van der Waals surface area (Å²) < 4.78 is 3.62. The maximum Gasteiger partial charge on any atom is 0.327 e. The first-order valence-corrected chi connectivity index (χ1v) is 9.98. The third-order valence-electron chi connectivity index (χ3n) is 5.48. The predicted molar refractivity (Wildman–Crippen MR) is 117 cm³/mol. The average molecular weight is 403 g/mol. The largest absolute Gasteiger partial charge is 0.354 e. The van der Waals surface area contributed by atoms with E-state index in [0.29, 0.717) is 11.2 Å². The van der Waals surface area contributed by atoms with E-state index < -0.39 is 0 Å². The number of rotatable bonds is 6. The molecule has 1 aromatic carbocycles. The van der Waals surface area contributed by atoms with Gasteiger partial charge in [-0.25, -0.2) is 9.78 Å². The van der Waals surface area contributed by atoms with Gasteiger partial charge in [0.25, 0.3) is 5.91 Å². The molecule has 2 N–H and O–H groups in total. The monoisotopic (exact) mass is 403 g/mol. The van der Waals surface area contributed by atoms with Crippen molar-refractivity contribution in [1.82, 2.24) is 24.4 Å². The molecule has 0 aliphatic heterocycles. The minimum Gasteiger partial charge on any atom is -0.354 e. The van der Waals surface area contributed by atoms with Crippen molar-refractivity contribution >= 4 is 17.1 Å². The van der Waals surface area contributed by atoms with Crippen LogP contribution in [0, 0.1) is 0 Å². The zero-order valence-corrected chi connectivity index (χ0v) is 17.3. The molecule has 3 heterocycles. The summed E-state index contributed by atoms with van der Waals surface area (Å²) in [6.07, 6.45) is 5.51. The Morgan fingerprint density at radius 2 is 2.00 bits per heavy atom. The van der Waals surface area contributed by atoms with Gasteiger partial charge in [0.05, 0.1) is 5.52 Å². The van der Waals surface area contributed by atoms with Gasteiger partial charge >= 0.3 is 5.69 Å². The lowest BCUT2D eigenvalue weighted by molar-refractivity contribution is 0.0938. The molecule has 0 bridgehead atoms. The van der Waals surface area contributed by atoms with Crippen LogP contribution in [0.2, 0.25) is 0 Å². The van der Waals surface area contributed by atoms with Crippen molar-refractivity contribution in [3.8, 4) is 11.1 Å². The fourth-order valence-electron chi connectivity index (χ4n) is 3.60. The maximum atomic E-state index is 12.8. The number of nitrogens with zero attached hydrogens (tertiary/aromatic N) is 3. The van der Waals surface area contributed by atoms with Crippen LogP contribution in [0.15, 0.2) is 59.7 Å². The van der Waals surface area contributed by atoms with E-state index in [1.54, 1.807) is 19.3 Å². The van der Waals surface area contributed by atoms with Gasteiger partial charge in [0.1, 0.15) is 0 Å². The van der Waals surface area contributed by atoms with Gasteiger partial charge in [-0.2, -0.15) is 0 Å². The van der Waals surface area contributed by atoms with Crippen LogP contribution in [0.1, 0.15) is 29.4 Å². The summed E-state index contributed by atoms with van der Waals surface area (Å²) in [5, 5.41) is 3.08. The van der Waals surface area contributed by atoms with Gasteiger partial charge in [-0.15, -0.1) is 0 Å². The van der Waals surface area contributed by atoms with E-state index in [2.05, 4.69) is 25.9 Å². The molecule has 0 unspecified atom stereocenters. The Morgan fingerprint density at radius 1 is 1.17 bits per heavy atom. The van der Waals surface area contributed by atoms with Crippen molar-refractivity contribution in [2.75, 3.05) is 0 Å². The number of fused-ring (bicyclic) bond motifs is 1. The molecule has 4 rings (SSSR count). The number of carbonyl (C=O) groups excluding carboxylic acids is 1. The van der Waals surface area contributed by atoms with Crippen molar-refractivity contribution in [2.45, 2.75) is 25.8 Å². The second-order valence-corrected chi connectivity index (χ2v) is 7.69. The highest BCUT2D eigenvalue weighted by atomic mass is 16.2. The van der Waals surface area contributed by atoms with E-state index >= 15 is 0 Å². The molecule has 0 fully saturated rings. The summed E-state index contributed by atoms with van der Waals surface area (Å²) in [4.78, 5) is 31.6. The number of imidazole rings is 1. The molecule has 4 aromatic rings. The van der Waals surface area contributed by atoms with E-state index in [0.717, 1.165) is 29.5 Å². The Balaban J connectivity index is 1.48. The number of pyridine rings is 1. The minimum absolute atomic E-state index is 0.0588. The molecular formula is C23H25N5O2. The van der Waals surface area contributed by atoms with Crippen molar-refractivity contribution in [1.29, 1.82) is 0 Å².